The van der Waals surface area contributed by atoms with Crippen LogP contribution in [0.2, 0.25) is 5.02 Å². The summed E-state index contributed by atoms with van der Waals surface area (Å²) in [7, 11) is 4.04. The first-order valence-electron chi connectivity index (χ1n) is 5.71. The van der Waals surface area contributed by atoms with Crippen LogP contribution < -0.4 is 4.74 Å². The molecule has 1 aromatic carbocycles. The standard InChI is InChI=1S/C13H20ClNO2/c1-11-4-5-12(14)13(10-11)17-9-8-16-7-6-15(2)3/h4-5,10H,6-9H2,1-3H3. The maximum Gasteiger partial charge on any atom is 0.138 e. The minimum Gasteiger partial charge on any atom is -0.490 e. The predicted octanol–water partition coefficient (Wildman–Crippen LogP) is 2.61. The van der Waals surface area contributed by atoms with Gasteiger partial charge in [-0.15, -0.1) is 0 Å². The molecule has 0 unspecified atom stereocenters. The van der Waals surface area contributed by atoms with Gasteiger partial charge in [-0.2, -0.15) is 0 Å². The zero-order valence-corrected chi connectivity index (χ0v) is 11.5. The van der Waals surface area contributed by atoms with Gasteiger partial charge in [0.1, 0.15) is 12.4 Å². The van der Waals surface area contributed by atoms with Crippen molar-refractivity contribution in [2.24, 2.45) is 0 Å². The highest BCUT2D eigenvalue weighted by molar-refractivity contribution is 6.32. The number of nitrogens with zero attached hydrogens (tertiary/aromatic N) is 1. The number of halogens is 1. The number of rotatable bonds is 7. The van der Waals surface area contributed by atoms with Crippen LogP contribution in [0.3, 0.4) is 0 Å². The third-order valence-corrected chi connectivity index (χ3v) is 2.57. The van der Waals surface area contributed by atoms with Crippen molar-refractivity contribution in [1.29, 1.82) is 0 Å². The first-order chi connectivity index (χ1) is 8.09. The van der Waals surface area contributed by atoms with Gasteiger partial charge in [0.25, 0.3) is 0 Å². The van der Waals surface area contributed by atoms with Crippen molar-refractivity contribution in [3.63, 3.8) is 0 Å². The van der Waals surface area contributed by atoms with Crippen LogP contribution in [0.25, 0.3) is 0 Å². The number of aryl methyl sites for hydroxylation is 1. The number of hydrogen-bond donors (Lipinski definition) is 0. The van der Waals surface area contributed by atoms with E-state index in [9.17, 15) is 0 Å². The Morgan fingerprint density at radius 1 is 1.18 bits per heavy atom. The van der Waals surface area contributed by atoms with Gasteiger partial charge in [-0.1, -0.05) is 17.7 Å². The summed E-state index contributed by atoms with van der Waals surface area (Å²) in [6, 6.07) is 5.74. The molecule has 3 nitrogen and oxygen atoms in total. The molecule has 1 aromatic rings. The highest BCUT2D eigenvalue weighted by Gasteiger charge is 2.01. The Balaban J connectivity index is 2.20. The van der Waals surface area contributed by atoms with Gasteiger partial charge in [-0.25, -0.2) is 0 Å². The molecule has 0 heterocycles. The summed E-state index contributed by atoms with van der Waals surface area (Å²) < 4.78 is 11.0. The summed E-state index contributed by atoms with van der Waals surface area (Å²) in [6.45, 7) is 4.76. The van der Waals surface area contributed by atoms with Crippen LogP contribution in [0.15, 0.2) is 18.2 Å². The average Bonchev–Trinajstić information content (AvgIpc) is 2.27. The second-order valence-electron chi connectivity index (χ2n) is 4.20. The molecule has 0 aliphatic rings. The molecule has 0 spiro atoms. The second-order valence-corrected chi connectivity index (χ2v) is 4.61. The first-order valence-corrected chi connectivity index (χ1v) is 6.09. The molecule has 17 heavy (non-hydrogen) atoms. The van der Waals surface area contributed by atoms with Crippen LogP contribution in [0.4, 0.5) is 0 Å². The topological polar surface area (TPSA) is 21.7 Å². The van der Waals surface area contributed by atoms with Crippen molar-refractivity contribution in [2.75, 3.05) is 40.5 Å². The summed E-state index contributed by atoms with van der Waals surface area (Å²) >= 11 is 6.01. The Morgan fingerprint density at radius 2 is 1.94 bits per heavy atom. The third kappa shape index (κ3) is 5.91. The number of ether oxygens (including phenoxy) is 2. The van der Waals surface area contributed by atoms with Gasteiger partial charge in [0.2, 0.25) is 0 Å². The largest absolute Gasteiger partial charge is 0.490 e. The zero-order chi connectivity index (χ0) is 12.7. The third-order valence-electron chi connectivity index (χ3n) is 2.25. The van der Waals surface area contributed by atoms with Crippen molar-refractivity contribution >= 4 is 11.6 Å². The molecular formula is C13H20ClNO2. The Hall–Kier alpha value is -0.770. The Bertz CT molecular complexity index is 342. The monoisotopic (exact) mass is 257 g/mol. The Kier molecular flexibility index (Phi) is 6.34. The van der Waals surface area contributed by atoms with Crippen molar-refractivity contribution in [1.82, 2.24) is 4.90 Å². The molecule has 4 heteroatoms. The fourth-order valence-electron chi connectivity index (χ4n) is 1.28. The summed E-state index contributed by atoms with van der Waals surface area (Å²) in [4.78, 5) is 2.08. The minimum atomic E-state index is 0.524. The van der Waals surface area contributed by atoms with E-state index in [4.69, 9.17) is 21.1 Å². The van der Waals surface area contributed by atoms with Gasteiger partial charge in [-0.05, 0) is 38.7 Å². The Morgan fingerprint density at radius 3 is 2.65 bits per heavy atom. The summed E-state index contributed by atoms with van der Waals surface area (Å²) in [5.41, 5.74) is 1.14. The summed E-state index contributed by atoms with van der Waals surface area (Å²) in [5, 5.41) is 0.642. The minimum absolute atomic E-state index is 0.524. The molecule has 96 valence electrons. The lowest BCUT2D eigenvalue weighted by Gasteiger charge is -2.11. The lowest BCUT2D eigenvalue weighted by molar-refractivity contribution is 0.0890. The van der Waals surface area contributed by atoms with Gasteiger partial charge < -0.3 is 14.4 Å². The molecule has 0 atom stereocenters. The Labute approximate surface area is 108 Å². The van der Waals surface area contributed by atoms with Crippen LogP contribution in [-0.2, 0) is 4.74 Å². The smallest absolute Gasteiger partial charge is 0.138 e. The molecule has 0 fully saturated rings. The molecule has 0 bridgehead atoms. The number of benzene rings is 1. The van der Waals surface area contributed by atoms with E-state index in [2.05, 4.69) is 4.90 Å². The van der Waals surface area contributed by atoms with Crippen LogP contribution in [0.5, 0.6) is 5.75 Å². The van der Waals surface area contributed by atoms with Crippen molar-refractivity contribution in [3.05, 3.63) is 28.8 Å². The van der Waals surface area contributed by atoms with E-state index < -0.39 is 0 Å². The molecule has 0 saturated heterocycles. The maximum atomic E-state index is 6.01. The quantitative estimate of drug-likeness (QED) is 0.701. The maximum absolute atomic E-state index is 6.01. The van der Waals surface area contributed by atoms with E-state index in [-0.39, 0.29) is 0 Å². The van der Waals surface area contributed by atoms with E-state index in [0.717, 1.165) is 24.5 Å². The van der Waals surface area contributed by atoms with E-state index in [1.807, 2.05) is 39.2 Å². The molecule has 0 radical (unpaired) electrons. The van der Waals surface area contributed by atoms with Gasteiger partial charge in [0.05, 0.1) is 18.2 Å². The lowest BCUT2D eigenvalue weighted by Crippen LogP contribution is -2.19. The molecule has 0 N–H and O–H groups in total. The molecular weight excluding hydrogens is 238 g/mol. The molecule has 0 saturated carbocycles. The van der Waals surface area contributed by atoms with E-state index >= 15 is 0 Å². The molecule has 0 amide bonds. The van der Waals surface area contributed by atoms with Gasteiger partial charge in [-0.3, -0.25) is 0 Å². The van der Waals surface area contributed by atoms with Crippen LogP contribution in [-0.4, -0.2) is 45.4 Å². The summed E-state index contributed by atoms with van der Waals surface area (Å²) in [6.07, 6.45) is 0. The lowest BCUT2D eigenvalue weighted by atomic mass is 10.2. The SMILES string of the molecule is Cc1ccc(Cl)c(OCCOCCN(C)C)c1. The molecule has 1 rings (SSSR count). The van der Waals surface area contributed by atoms with Gasteiger partial charge >= 0.3 is 0 Å². The van der Waals surface area contributed by atoms with Gasteiger partial charge in [0, 0.05) is 6.54 Å². The first kappa shape index (κ1) is 14.3. The van der Waals surface area contributed by atoms with E-state index in [1.54, 1.807) is 0 Å². The predicted molar refractivity (Wildman–Crippen MR) is 71.1 cm³/mol. The van der Waals surface area contributed by atoms with Crippen LogP contribution in [0.1, 0.15) is 5.56 Å². The molecule has 0 aliphatic carbocycles. The number of likely N-dealkylation sites (N-methyl/N-ethyl adjacent to an activating group) is 1. The molecule has 0 aliphatic heterocycles. The van der Waals surface area contributed by atoms with Crippen molar-refractivity contribution < 1.29 is 9.47 Å². The van der Waals surface area contributed by atoms with Crippen molar-refractivity contribution in [2.45, 2.75) is 6.92 Å². The van der Waals surface area contributed by atoms with Crippen LogP contribution >= 0.6 is 11.6 Å². The highest BCUT2D eigenvalue weighted by Crippen LogP contribution is 2.24. The van der Waals surface area contributed by atoms with Crippen LogP contribution in [0, 0.1) is 6.92 Å². The fourth-order valence-corrected chi connectivity index (χ4v) is 1.45. The molecule has 0 aromatic heterocycles. The number of hydrogen-bond acceptors (Lipinski definition) is 3. The highest BCUT2D eigenvalue weighted by atomic mass is 35.5. The van der Waals surface area contributed by atoms with Crippen molar-refractivity contribution in [3.8, 4) is 5.75 Å². The van der Waals surface area contributed by atoms with Gasteiger partial charge in [0.15, 0.2) is 0 Å². The zero-order valence-electron chi connectivity index (χ0n) is 10.7. The normalized spacial score (nSPS) is 10.9. The van der Waals surface area contributed by atoms with E-state index in [1.165, 1.54) is 0 Å². The average molecular weight is 258 g/mol. The fraction of sp³-hybridized carbons (Fsp3) is 0.538. The second kappa shape index (κ2) is 7.54. The van der Waals surface area contributed by atoms with E-state index in [0.29, 0.717) is 18.2 Å². The summed E-state index contributed by atoms with van der Waals surface area (Å²) in [5.74, 6) is 0.725.